The van der Waals surface area contributed by atoms with Gasteiger partial charge in [-0.3, -0.25) is 9.59 Å². The first-order valence-corrected chi connectivity index (χ1v) is 7.83. The second-order valence-electron chi connectivity index (χ2n) is 5.41. The molecule has 0 saturated heterocycles. The van der Waals surface area contributed by atoms with Crippen molar-refractivity contribution in [2.75, 3.05) is 6.61 Å². The van der Waals surface area contributed by atoms with Crippen LogP contribution in [0.5, 0.6) is 5.75 Å². The van der Waals surface area contributed by atoms with Gasteiger partial charge in [0.1, 0.15) is 11.6 Å². The lowest BCUT2D eigenvalue weighted by Crippen LogP contribution is -2.23. The van der Waals surface area contributed by atoms with E-state index in [2.05, 4.69) is 15.3 Å². The normalized spacial score (nSPS) is 10.2. The molecule has 0 fully saturated rings. The number of carbonyl (C=O) groups excluding carboxylic acids is 2. The van der Waals surface area contributed by atoms with E-state index in [1.54, 1.807) is 36.5 Å². The lowest BCUT2D eigenvalue weighted by atomic mass is 10.1. The Bertz CT molecular complexity index is 716. The monoisotopic (exact) mass is 327 g/mol. The van der Waals surface area contributed by atoms with E-state index in [9.17, 15) is 9.59 Å². The molecule has 2 aromatic rings. The van der Waals surface area contributed by atoms with Crippen LogP contribution in [0.25, 0.3) is 0 Å². The summed E-state index contributed by atoms with van der Waals surface area (Å²) >= 11 is 0. The van der Waals surface area contributed by atoms with Crippen LogP contribution < -0.4 is 10.1 Å². The molecule has 0 bridgehead atoms. The predicted octanol–water partition coefficient (Wildman–Crippen LogP) is 2.46. The maximum Gasteiger partial charge on any atom is 0.220 e. The van der Waals surface area contributed by atoms with E-state index in [0.29, 0.717) is 43.1 Å². The Morgan fingerprint density at radius 3 is 2.83 bits per heavy atom. The van der Waals surface area contributed by atoms with Gasteiger partial charge in [0.25, 0.3) is 0 Å². The molecule has 0 aliphatic carbocycles. The van der Waals surface area contributed by atoms with Gasteiger partial charge in [0, 0.05) is 18.2 Å². The van der Waals surface area contributed by atoms with Crippen LogP contribution >= 0.6 is 0 Å². The van der Waals surface area contributed by atoms with Gasteiger partial charge in [-0.05, 0) is 38.5 Å². The number of nitrogens with one attached hydrogen (secondary N) is 1. The first kappa shape index (κ1) is 17.6. The van der Waals surface area contributed by atoms with Crippen LogP contribution in [0, 0.1) is 6.92 Å². The van der Waals surface area contributed by atoms with Crippen LogP contribution in [-0.4, -0.2) is 28.3 Å². The van der Waals surface area contributed by atoms with E-state index in [4.69, 9.17) is 4.74 Å². The fourth-order valence-corrected chi connectivity index (χ4v) is 2.11. The number of Topliss-reactive ketones (excluding diaryl/α,β-unsaturated/α-hetero) is 1. The maximum atomic E-state index is 11.8. The Hall–Kier alpha value is -2.76. The molecule has 1 aromatic carbocycles. The van der Waals surface area contributed by atoms with Crippen molar-refractivity contribution >= 4 is 11.7 Å². The predicted molar refractivity (Wildman–Crippen MR) is 89.8 cm³/mol. The Morgan fingerprint density at radius 2 is 2.08 bits per heavy atom. The third-order valence-electron chi connectivity index (χ3n) is 3.36. The van der Waals surface area contributed by atoms with Gasteiger partial charge in [-0.1, -0.05) is 12.1 Å². The number of aryl methyl sites for hydroxylation is 1. The summed E-state index contributed by atoms with van der Waals surface area (Å²) in [6, 6.07) is 8.81. The zero-order valence-electron chi connectivity index (χ0n) is 13.9. The Kier molecular flexibility index (Phi) is 6.42. The minimum absolute atomic E-state index is 0.000198. The van der Waals surface area contributed by atoms with Gasteiger partial charge in [0.2, 0.25) is 5.91 Å². The average molecular weight is 327 g/mol. The largest absolute Gasteiger partial charge is 0.494 e. The van der Waals surface area contributed by atoms with Gasteiger partial charge in [-0.15, -0.1) is 0 Å². The minimum atomic E-state index is -0.0487. The van der Waals surface area contributed by atoms with Crippen LogP contribution in [0.3, 0.4) is 0 Å². The number of aromatic nitrogens is 2. The summed E-state index contributed by atoms with van der Waals surface area (Å²) in [5, 5.41) is 2.82. The Labute approximate surface area is 141 Å². The zero-order valence-corrected chi connectivity index (χ0v) is 13.9. The first-order chi connectivity index (χ1) is 11.5. The molecule has 1 amide bonds. The van der Waals surface area contributed by atoms with E-state index in [0.717, 1.165) is 5.69 Å². The van der Waals surface area contributed by atoms with E-state index in [1.165, 1.54) is 6.92 Å². The van der Waals surface area contributed by atoms with Gasteiger partial charge in [0.15, 0.2) is 5.78 Å². The van der Waals surface area contributed by atoms with Gasteiger partial charge in [-0.25, -0.2) is 9.97 Å². The van der Waals surface area contributed by atoms with Crippen LogP contribution in [0.15, 0.2) is 36.5 Å². The van der Waals surface area contributed by atoms with E-state index >= 15 is 0 Å². The number of benzene rings is 1. The van der Waals surface area contributed by atoms with Crippen LogP contribution in [-0.2, 0) is 11.3 Å². The number of hydrogen-bond acceptors (Lipinski definition) is 5. The summed E-state index contributed by atoms with van der Waals surface area (Å²) in [7, 11) is 0. The van der Waals surface area contributed by atoms with E-state index in [1.807, 2.05) is 6.92 Å². The van der Waals surface area contributed by atoms with Crippen molar-refractivity contribution in [3.05, 3.63) is 53.6 Å². The highest BCUT2D eigenvalue weighted by molar-refractivity contribution is 5.94. The summed E-state index contributed by atoms with van der Waals surface area (Å²) in [5.74, 6) is 1.27. The molecule has 24 heavy (non-hydrogen) atoms. The average Bonchev–Trinajstić information content (AvgIpc) is 2.57. The van der Waals surface area contributed by atoms with E-state index < -0.39 is 0 Å². The molecule has 0 spiro atoms. The Morgan fingerprint density at radius 1 is 1.25 bits per heavy atom. The number of nitrogens with zero attached hydrogens (tertiary/aromatic N) is 2. The lowest BCUT2D eigenvalue weighted by molar-refractivity contribution is -0.121. The molecule has 2 rings (SSSR count). The second kappa shape index (κ2) is 8.76. The topological polar surface area (TPSA) is 81.2 Å². The molecule has 1 aromatic heterocycles. The van der Waals surface area contributed by atoms with Crippen molar-refractivity contribution in [3.8, 4) is 5.75 Å². The molecular weight excluding hydrogens is 306 g/mol. The third kappa shape index (κ3) is 5.79. The van der Waals surface area contributed by atoms with E-state index in [-0.39, 0.29) is 11.7 Å². The number of amides is 1. The highest BCUT2D eigenvalue weighted by Gasteiger charge is 2.04. The maximum absolute atomic E-state index is 11.8. The molecule has 126 valence electrons. The smallest absolute Gasteiger partial charge is 0.220 e. The third-order valence-corrected chi connectivity index (χ3v) is 3.36. The second-order valence-corrected chi connectivity index (χ2v) is 5.41. The Balaban J connectivity index is 1.67. The molecule has 6 nitrogen and oxygen atoms in total. The lowest BCUT2D eigenvalue weighted by Gasteiger charge is -2.08. The van der Waals surface area contributed by atoms with Crippen molar-refractivity contribution in [1.82, 2.24) is 15.3 Å². The number of ether oxygens (including phenoxy) is 1. The first-order valence-electron chi connectivity index (χ1n) is 7.83. The van der Waals surface area contributed by atoms with Crippen LogP contribution in [0.1, 0.15) is 41.6 Å². The standard InChI is InChI=1S/C18H21N3O3/c1-13(22)15-5-3-6-17(11-15)24-10-4-7-18(23)20-12-16-8-9-19-14(2)21-16/h3,5-6,8-9,11H,4,7,10,12H2,1-2H3,(H,20,23). The molecule has 1 N–H and O–H groups in total. The van der Waals surface area contributed by atoms with Gasteiger partial charge >= 0.3 is 0 Å². The molecule has 1 heterocycles. The van der Waals surface area contributed by atoms with Crippen molar-refractivity contribution in [1.29, 1.82) is 0 Å². The zero-order chi connectivity index (χ0) is 17.4. The fraction of sp³-hybridized carbons (Fsp3) is 0.333. The molecule has 0 aliphatic rings. The summed E-state index contributed by atoms with van der Waals surface area (Å²) in [6.45, 7) is 4.14. The molecule has 0 unspecified atom stereocenters. The van der Waals surface area contributed by atoms with Crippen LogP contribution in [0.4, 0.5) is 0 Å². The fourth-order valence-electron chi connectivity index (χ4n) is 2.11. The molecule has 0 radical (unpaired) electrons. The number of carbonyl (C=O) groups is 2. The number of hydrogen-bond donors (Lipinski definition) is 1. The van der Waals surface area contributed by atoms with Gasteiger partial charge < -0.3 is 10.1 Å². The van der Waals surface area contributed by atoms with Crippen molar-refractivity contribution in [2.45, 2.75) is 33.2 Å². The van der Waals surface area contributed by atoms with Gasteiger partial charge in [0.05, 0.1) is 18.8 Å². The molecule has 0 saturated carbocycles. The quantitative estimate of drug-likeness (QED) is 0.595. The number of rotatable bonds is 8. The minimum Gasteiger partial charge on any atom is -0.494 e. The summed E-state index contributed by atoms with van der Waals surface area (Å²) in [4.78, 5) is 31.3. The summed E-state index contributed by atoms with van der Waals surface area (Å²) in [5.41, 5.74) is 1.40. The van der Waals surface area contributed by atoms with Crippen molar-refractivity contribution in [3.63, 3.8) is 0 Å². The van der Waals surface area contributed by atoms with Gasteiger partial charge in [-0.2, -0.15) is 0 Å². The highest BCUT2D eigenvalue weighted by atomic mass is 16.5. The van der Waals surface area contributed by atoms with Crippen LogP contribution in [0.2, 0.25) is 0 Å². The molecule has 0 atom stereocenters. The van der Waals surface area contributed by atoms with Crippen molar-refractivity contribution in [2.24, 2.45) is 0 Å². The summed E-state index contributed by atoms with van der Waals surface area (Å²) in [6.07, 6.45) is 2.64. The molecule has 6 heteroatoms. The molecular formula is C18H21N3O3. The van der Waals surface area contributed by atoms with Crippen molar-refractivity contribution < 1.29 is 14.3 Å². The highest BCUT2D eigenvalue weighted by Crippen LogP contribution is 2.14. The molecule has 0 aliphatic heterocycles. The number of ketones is 1. The SMILES string of the molecule is CC(=O)c1cccc(OCCCC(=O)NCc2ccnc(C)n2)c1. The summed E-state index contributed by atoms with van der Waals surface area (Å²) < 4.78 is 5.57.